The van der Waals surface area contributed by atoms with Gasteiger partial charge in [0.1, 0.15) is 5.60 Å². The Hall–Kier alpha value is -1.72. The standard InChI is InChI=1S/C11H19NO2.C6H11NO2/c1-9-5-7-12(8-6-9)10(13)14-11(2,3)4;8-6(9)7-4-2-1-3-5-7/h1,5-8H2,2-4H3;1-5H2,(H,8,9). The molecule has 132 valence electrons. The summed E-state index contributed by atoms with van der Waals surface area (Å²) in [6.07, 6.45) is 4.08. The van der Waals surface area contributed by atoms with Crippen LogP contribution in [0.25, 0.3) is 0 Å². The number of carbonyl (C=O) groups excluding carboxylic acids is 1. The fraction of sp³-hybridized carbons (Fsp3) is 0.765. The predicted octanol–water partition coefficient (Wildman–Crippen LogP) is 3.72. The van der Waals surface area contributed by atoms with Crippen LogP contribution in [-0.4, -0.2) is 58.9 Å². The fourth-order valence-electron chi connectivity index (χ4n) is 2.42. The summed E-state index contributed by atoms with van der Waals surface area (Å²) in [6.45, 7) is 12.5. The lowest BCUT2D eigenvalue weighted by Crippen LogP contribution is -2.40. The SMILES string of the molecule is C=C1CCN(C(=O)OC(C)(C)C)CC1.O=C(O)N1CCCCC1. The van der Waals surface area contributed by atoms with Gasteiger partial charge in [0.15, 0.2) is 0 Å². The van der Waals surface area contributed by atoms with Gasteiger partial charge >= 0.3 is 12.2 Å². The number of piperidine rings is 2. The number of likely N-dealkylation sites (tertiary alicyclic amines) is 2. The van der Waals surface area contributed by atoms with Gasteiger partial charge in [-0.15, -0.1) is 0 Å². The van der Waals surface area contributed by atoms with Crippen LogP contribution in [0.15, 0.2) is 12.2 Å². The van der Waals surface area contributed by atoms with Crippen molar-refractivity contribution in [3.05, 3.63) is 12.2 Å². The van der Waals surface area contributed by atoms with E-state index in [0.717, 1.165) is 51.9 Å². The minimum absolute atomic E-state index is 0.204. The van der Waals surface area contributed by atoms with Crippen molar-refractivity contribution in [2.24, 2.45) is 0 Å². The summed E-state index contributed by atoms with van der Waals surface area (Å²) in [4.78, 5) is 25.1. The Morgan fingerprint density at radius 1 is 1.00 bits per heavy atom. The van der Waals surface area contributed by atoms with E-state index >= 15 is 0 Å². The molecule has 0 aliphatic carbocycles. The van der Waals surface area contributed by atoms with Crippen molar-refractivity contribution in [3.8, 4) is 0 Å². The van der Waals surface area contributed by atoms with E-state index in [4.69, 9.17) is 9.84 Å². The molecule has 2 rings (SSSR count). The van der Waals surface area contributed by atoms with Crippen molar-refractivity contribution in [1.82, 2.24) is 9.80 Å². The second-order valence-electron chi connectivity index (χ2n) is 7.05. The molecule has 0 bridgehead atoms. The number of rotatable bonds is 0. The molecule has 6 nitrogen and oxygen atoms in total. The molecule has 0 radical (unpaired) electrons. The van der Waals surface area contributed by atoms with Crippen molar-refractivity contribution in [3.63, 3.8) is 0 Å². The van der Waals surface area contributed by atoms with Crippen LogP contribution in [-0.2, 0) is 4.74 Å². The van der Waals surface area contributed by atoms with Crippen LogP contribution in [0, 0.1) is 0 Å². The van der Waals surface area contributed by atoms with Crippen molar-refractivity contribution < 1.29 is 19.4 Å². The first-order valence-corrected chi connectivity index (χ1v) is 8.31. The molecule has 0 saturated carbocycles. The molecule has 0 unspecified atom stereocenters. The van der Waals surface area contributed by atoms with Crippen LogP contribution in [0.4, 0.5) is 9.59 Å². The van der Waals surface area contributed by atoms with E-state index in [0.29, 0.717) is 0 Å². The van der Waals surface area contributed by atoms with E-state index < -0.39 is 11.7 Å². The maximum absolute atomic E-state index is 11.6. The lowest BCUT2D eigenvalue weighted by molar-refractivity contribution is 0.0236. The number of nitrogens with zero attached hydrogens (tertiary/aromatic N) is 2. The monoisotopic (exact) mass is 326 g/mol. The first-order chi connectivity index (χ1) is 10.7. The quantitative estimate of drug-likeness (QED) is 0.689. The van der Waals surface area contributed by atoms with Gasteiger partial charge in [-0.05, 0) is 52.9 Å². The van der Waals surface area contributed by atoms with Gasteiger partial charge in [-0.1, -0.05) is 12.2 Å². The molecule has 2 aliphatic heterocycles. The molecule has 1 N–H and O–H groups in total. The molecular weight excluding hydrogens is 296 g/mol. The van der Waals surface area contributed by atoms with E-state index in [-0.39, 0.29) is 6.09 Å². The molecule has 23 heavy (non-hydrogen) atoms. The molecule has 2 heterocycles. The lowest BCUT2D eigenvalue weighted by Gasteiger charge is -2.30. The zero-order chi connectivity index (χ0) is 17.5. The number of hydrogen-bond donors (Lipinski definition) is 1. The first-order valence-electron chi connectivity index (χ1n) is 8.31. The molecular formula is C17H30N2O4. The van der Waals surface area contributed by atoms with Crippen molar-refractivity contribution in [1.29, 1.82) is 0 Å². The molecule has 2 amide bonds. The summed E-state index contributed by atoms with van der Waals surface area (Å²) in [7, 11) is 0. The summed E-state index contributed by atoms with van der Waals surface area (Å²) in [5.41, 5.74) is 0.829. The van der Waals surface area contributed by atoms with Gasteiger partial charge in [-0.3, -0.25) is 0 Å². The molecule has 0 aromatic rings. The maximum atomic E-state index is 11.6. The second kappa shape index (κ2) is 8.79. The first kappa shape index (κ1) is 19.3. The Morgan fingerprint density at radius 3 is 1.91 bits per heavy atom. The summed E-state index contributed by atoms with van der Waals surface area (Å²) < 4.78 is 5.27. The Balaban J connectivity index is 0.000000253. The minimum Gasteiger partial charge on any atom is -0.465 e. The van der Waals surface area contributed by atoms with Crippen LogP contribution in [0.5, 0.6) is 0 Å². The Kier molecular flexibility index (Phi) is 7.39. The molecule has 2 aliphatic rings. The van der Waals surface area contributed by atoms with Gasteiger partial charge in [0.2, 0.25) is 0 Å². The largest absolute Gasteiger partial charge is 0.465 e. The second-order valence-corrected chi connectivity index (χ2v) is 7.05. The van der Waals surface area contributed by atoms with E-state index in [1.54, 1.807) is 4.90 Å². The lowest BCUT2D eigenvalue weighted by atomic mass is 10.1. The number of carbonyl (C=O) groups is 2. The molecule has 0 spiro atoms. The highest BCUT2D eigenvalue weighted by Gasteiger charge is 2.23. The molecule has 2 fully saturated rings. The van der Waals surface area contributed by atoms with E-state index in [1.165, 1.54) is 16.9 Å². The molecule has 6 heteroatoms. The number of carboxylic acid groups (broad SMARTS) is 1. The molecule has 0 atom stereocenters. The molecule has 2 saturated heterocycles. The van der Waals surface area contributed by atoms with E-state index in [1.807, 2.05) is 20.8 Å². The third kappa shape index (κ3) is 7.90. The zero-order valence-electron chi connectivity index (χ0n) is 14.6. The summed E-state index contributed by atoms with van der Waals surface area (Å²) in [5, 5.41) is 8.46. The highest BCUT2D eigenvalue weighted by atomic mass is 16.6. The van der Waals surface area contributed by atoms with Gasteiger partial charge in [-0.25, -0.2) is 9.59 Å². The van der Waals surface area contributed by atoms with Crippen molar-refractivity contribution in [2.75, 3.05) is 26.2 Å². The van der Waals surface area contributed by atoms with Crippen LogP contribution < -0.4 is 0 Å². The summed E-state index contributed by atoms with van der Waals surface area (Å²) in [5.74, 6) is 0. The van der Waals surface area contributed by atoms with Crippen LogP contribution in [0.2, 0.25) is 0 Å². The van der Waals surface area contributed by atoms with Crippen LogP contribution >= 0.6 is 0 Å². The Bertz CT molecular complexity index is 413. The highest BCUT2D eigenvalue weighted by molar-refractivity contribution is 5.68. The Morgan fingerprint density at radius 2 is 1.52 bits per heavy atom. The molecule has 0 aromatic carbocycles. The van der Waals surface area contributed by atoms with E-state index in [9.17, 15) is 9.59 Å². The smallest absolute Gasteiger partial charge is 0.410 e. The summed E-state index contributed by atoms with van der Waals surface area (Å²) >= 11 is 0. The third-order valence-corrected chi connectivity index (χ3v) is 3.75. The average Bonchev–Trinajstić information content (AvgIpc) is 2.47. The van der Waals surface area contributed by atoms with Gasteiger partial charge in [0.25, 0.3) is 0 Å². The predicted molar refractivity (Wildman–Crippen MR) is 89.6 cm³/mol. The number of hydrogen-bond acceptors (Lipinski definition) is 3. The Labute approximate surface area is 139 Å². The normalized spacial score (nSPS) is 18.8. The average molecular weight is 326 g/mol. The van der Waals surface area contributed by atoms with E-state index in [2.05, 4.69) is 6.58 Å². The zero-order valence-corrected chi connectivity index (χ0v) is 14.6. The number of ether oxygens (including phenoxy) is 1. The van der Waals surface area contributed by atoms with Gasteiger partial charge in [0, 0.05) is 26.2 Å². The highest BCUT2D eigenvalue weighted by Crippen LogP contribution is 2.17. The van der Waals surface area contributed by atoms with Gasteiger partial charge in [0.05, 0.1) is 0 Å². The van der Waals surface area contributed by atoms with Gasteiger partial charge in [-0.2, -0.15) is 0 Å². The topological polar surface area (TPSA) is 70.1 Å². The van der Waals surface area contributed by atoms with Crippen LogP contribution in [0.1, 0.15) is 52.9 Å². The van der Waals surface area contributed by atoms with Gasteiger partial charge < -0.3 is 19.6 Å². The maximum Gasteiger partial charge on any atom is 0.410 e. The van der Waals surface area contributed by atoms with Crippen molar-refractivity contribution in [2.45, 2.75) is 58.5 Å². The molecule has 0 aromatic heterocycles. The fourth-order valence-corrected chi connectivity index (χ4v) is 2.42. The van der Waals surface area contributed by atoms with Crippen LogP contribution in [0.3, 0.4) is 0 Å². The third-order valence-electron chi connectivity index (χ3n) is 3.75. The summed E-state index contributed by atoms with van der Waals surface area (Å²) in [6, 6.07) is 0. The van der Waals surface area contributed by atoms with Crippen molar-refractivity contribution >= 4 is 12.2 Å². The minimum atomic E-state index is -0.769. The number of amides is 2.